The second-order valence-electron chi connectivity index (χ2n) is 12.8. The van der Waals surface area contributed by atoms with Crippen LogP contribution in [-0.2, 0) is 39.8 Å². The lowest BCUT2D eigenvalue weighted by atomic mass is 9.74. The van der Waals surface area contributed by atoms with Crippen molar-refractivity contribution in [2.24, 2.45) is 11.8 Å². The molecular formula is C34H44N4O8. The van der Waals surface area contributed by atoms with Crippen LogP contribution in [-0.4, -0.2) is 132 Å². The number of nitrogens with zero attached hydrogens (tertiary/aromatic N) is 3. The van der Waals surface area contributed by atoms with E-state index >= 15 is 0 Å². The molecule has 0 aliphatic carbocycles. The first-order chi connectivity index (χ1) is 22.3. The van der Waals surface area contributed by atoms with Gasteiger partial charge in [-0.05, 0) is 25.3 Å². The van der Waals surface area contributed by atoms with Gasteiger partial charge in [-0.2, -0.15) is 0 Å². The number of nitrogens with one attached hydrogen (secondary N) is 1. The summed E-state index contributed by atoms with van der Waals surface area (Å²) >= 11 is 0. The summed E-state index contributed by atoms with van der Waals surface area (Å²) in [7, 11) is 0. The molecular weight excluding hydrogens is 592 g/mol. The molecule has 1 aromatic carbocycles. The van der Waals surface area contributed by atoms with Crippen molar-refractivity contribution in [3.05, 3.63) is 60.2 Å². The Hall–Kier alpha value is -3.58. The second-order valence-corrected chi connectivity index (χ2v) is 12.8. The number of carbonyl (C=O) groups is 4. The van der Waals surface area contributed by atoms with Crippen LogP contribution in [0.1, 0.15) is 25.3 Å². The number of ether oxygens (including phenoxy) is 3. The molecule has 2 N–H and O–H groups in total. The van der Waals surface area contributed by atoms with Crippen molar-refractivity contribution in [1.29, 1.82) is 0 Å². The molecule has 0 unspecified atom stereocenters. The first-order valence-electron chi connectivity index (χ1n) is 16.4. The maximum Gasteiger partial charge on any atom is 0.313 e. The van der Waals surface area contributed by atoms with Crippen LogP contribution in [0.25, 0.3) is 0 Å². The van der Waals surface area contributed by atoms with Crippen molar-refractivity contribution < 1.29 is 38.5 Å². The summed E-state index contributed by atoms with van der Waals surface area (Å²) in [4.78, 5) is 61.0. The average molecular weight is 637 g/mol. The monoisotopic (exact) mass is 636 g/mol. The lowest BCUT2D eigenvalue weighted by Crippen LogP contribution is -2.59. The van der Waals surface area contributed by atoms with E-state index in [1.165, 1.54) is 4.90 Å². The molecule has 1 spiro atoms. The number of morpholine rings is 1. The molecule has 5 heterocycles. The first kappa shape index (κ1) is 32.4. The van der Waals surface area contributed by atoms with Gasteiger partial charge in [-0.25, -0.2) is 0 Å². The largest absolute Gasteiger partial charge is 0.460 e. The third kappa shape index (κ3) is 6.35. The maximum absolute atomic E-state index is 14.9. The van der Waals surface area contributed by atoms with Gasteiger partial charge in [-0.3, -0.25) is 24.1 Å². The Morgan fingerprint density at radius 2 is 1.83 bits per heavy atom. The van der Waals surface area contributed by atoms with E-state index in [9.17, 15) is 24.3 Å². The molecule has 1 aromatic rings. The topological polar surface area (TPSA) is 138 Å². The van der Waals surface area contributed by atoms with Crippen LogP contribution in [0.4, 0.5) is 0 Å². The van der Waals surface area contributed by atoms with Gasteiger partial charge < -0.3 is 34.4 Å². The number of fused-ring (bicyclic) bond motifs is 2. The highest BCUT2D eigenvalue weighted by Crippen LogP contribution is 2.56. The lowest BCUT2D eigenvalue weighted by Gasteiger charge is -2.39. The predicted molar refractivity (Wildman–Crippen MR) is 166 cm³/mol. The molecule has 248 valence electrons. The zero-order valence-electron chi connectivity index (χ0n) is 26.3. The van der Waals surface area contributed by atoms with Crippen molar-refractivity contribution in [3.63, 3.8) is 0 Å². The molecule has 0 aromatic heterocycles. The van der Waals surface area contributed by atoms with E-state index in [1.807, 2.05) is 42.5 Å². The summed E-state index contributed by atoms with van der Waals surface area (Å²) in [6, 6.07) is 7.70. The van der Waals surface area contributed by atoms with E-state index in [4.69, 9.17) is 14.2 Å². The highest BCUT2D eigenvalue weighted by Gasteiger charge is 2.74. The Balaban J connectivity index is 1.38. The Morgan fingerprint density at radius 1 is 1.04 bits per heavy atom. The van der Waals surface area contributed by atoms with Gasteiger partial charge in [0.1, 0.15) is 23.7 Å². The smallest absolute Gasteiger partial charge is 0.313 e. The highest BCUT2D eigenvalue weighted by molar-refractivity contribution is 5.99. The van der Waals surface area contributed by atoms with Crippen molar-refractivity contribution >= 4 is 23.7 Å². The molecule has 3 fully saturated rings. The van der Waals surface area contributed by atoms with Gasteiger partial charge in [-0.1, -0.05) is 54.6 Å². The number of aliphatic hydroxyl groups excluding tert-OH is 1. The summed E-state index contributed by atoms with van der Waals surface area (Å²) in [5, 5.41) is 13.5. The van der Waals surface area contributed by atoms with E-state index in [2.05, 4.69) is 10.2 Å². The molecule has 6 rings (SSSR count). The quantitative estimate of drug-likeness (QED) is 0.320. The summed E-state index contributed by atoms with van der Waals surface area (Å²) in [5.41, 5.74) is -0.483. The van der Waals surface area contributed by atoms with Crippen molar-refractivity contribution in [2.45, 2.75) is 56.1 Å². The lowest BCUT2D eigenvalue weighted by molar-refractivity contribution is -0.159. The van der Waals surface area contributed by atoms with Crippen LogP contribution in [0, 0.1) is 11.8 Å². The standard InChI is InChI=1S/C34H44N4O8/c1-23-21-35-27(40)10-6-3-7-13-37(15-14-36-16-18-44-19-17-36)32(42)30-34-12-11-26(46-34)28(33(43)45-23)29(34)31(41)38(30)25(22-39)20-24-8-4-2-5-9-24/h2-5,7-9,11-12,23,25-26,28-30,39H,6,10,13-22H2,1H3,(H,35,40)/b7-3-/t23-,25+,26+,28-,29-,30+,34-/m0/s1. The molecule has 5 aliphatic heterocycles. The number of allylic oxidation sites excluding steroid dienone is 1. The third-order valence-electron chi connectivity index (χ3n) is 9.77. The van der Waals surface area contributed by atoms with Gasteiger partial charge in [-0.15, -0.1) is 0 Å². The Labute approximate surface area is 269 Å². The molecule has 3 amide bonds. The van der Waals surface area contributed by atoms with Crippen molar-refractivity contribution in [2.75, 3.05) is 59.1 Å². The van der Waals surface area contributed by atoms with E-state index < -0.39 is 53.6 Å². The molecule has 12 nitrogen and oxygen atoms in total. The highest BCUT2D eigenvalue weighted by atomic mass is 16.6. The Morgan fingerprint density at radius 3 is 2.59 bits per heavy atom. The van der Waals surface area contributed by atoms with Gasteiger partial charge in [0.05, 0.1) is 44.4 Å². The molecule has 12 heteroatoms. The van der Waals surface area contributed by atoms with Crippen LogP contribution in [0.3, 0.4) is 0 Å². The van der Waals surface area contributed by atoms with Crippen LogP contribution in [0.15, 0.2) is 54.6 Å². The molecule has 5 aliphatic rings. The zero-order chi connectivity index (χ0) is 32.3. The molecule has 0 saturated carbocycles. The van der Waals surface area contributed by atoms with E-state index in [0.717, 1.165) is 18.7 Å². The molecule has 0 radical (unpaired) electrons. The van der Waals surface area contributed by atoms with Gasteiger partial charge in [0.2, 0.25) is 17.7 Å². The van der Waals surface area contributed by atoms with Crippen molar-refractivity contribution in [1.82, 2.24) is 20.0 Å². The minimum absolute atomic E-state index is 0.137. The SMILES string of the molecule is C[C@H]1CNC(=O)CC/C=C\CN(CCN2CCOCC2)C(=O)[C@H]2N([C@@H](CO)Cc3ccccc3)C(=O)[C@@H]3[C@@H](C(=O)O1)[C@H]1C=C[C@]32O1. The molecule has 46 heavy (non-hydrogen) atoms. The fourth-order valence-corrected chi connectivity index (χ4v) is 7.44. The maximum atomic E-state index is 14.9. The summed E-state index contributed by atoms with van der Waals surface area (Å²) in [5.74, 6) is -3.46. The predicted octanol–water partition coefficient (Wildman–Crippen LogP) is 0.299. The van der Waals surface area contributed by atoms with Gasteiger partial charge in [0, 0.05) is 39.1 Å². The zero-order valence-corrected chi connectivity index (χ0v) is 26.3. The number of likely N-dealkylation sites (tertiary alicyclic amines) is 1. The number of rotatable bonds is 7. The Bertz CT molecular complexity index is 1350. The number of hydrogen-bond donors (Lipinski definition) is 2. The Kier molecular flexibility index (Phi) is 9.88. The third-order valence-corrected chi connectivity index (χ3v) is 9.77. The van der Waals surface area contributed by atoms with Crippen LogP contribution in [0.2, 0.25) is 0 Å². The molecule has 3 saturated heterocycles. The number of carbonyl (C=O) groups excluding carboxylic acids is 4. The van der Waals surface area contributed by atoms with Gasteiger partial charge in [0.25, 0.3) is 0 Å². The minimum Gasteiger partial charge on any atom is -0.460 e. The van der Waals surface area contributed by atoms with Crippen LogP contribution in [0.5, 0.6) is 0 Å². The summed E-state index contributed by atoms with van der Waals surface area (Å²) < 4.78 is 17.8. The number of aliphatic hydroxyl groups is 1. The van der Waals surface area contributed by atoms with Gasteiger partial charge >= 0.3 is 5.97 Å². The van der Waals surface area contributed by atoms with E-state index in [0.29, 0.717) is 39.1 Å². The van der Waals surface area contributed by atoms with Crippen LogP contribution < -0.4 is 5.32 Å². The van der Waals surface area contributed by atoms with E-state index in [-0.39, 0.29) is 37.9 Å². The number of benzene rings is 1. The van der Waals surface area contributed by atoms with Crippen LogP contribution >= 0.6 is 0 Å². The number of esters is 1. The average Bonchev–Trinajstić information content (AvgIpc) is 3.71. The minimum atomic E-state index is -1.39. The molecule has 7 atom stereocenters. The molecule has 5 bridgehead atoms. The van der Waals surface area contributed by atoms with Crippen molar-refractivity contribution in [3.8, 4) is 0 Å². The van der Waals surface area contributed by atoms with Gasteiger partial charge in [0.15, 0.2) is 0 Å². The fourth-order valence-electron chi connectivity index (χ4n) is 7.44. The summed E-state index contributed by atoms with van der Waals surface area (Å²) in [6.45, 7) is 5.48. The van der Waals surface area contributed by atoms with E-state index in [1.54, 1.807) is 24.0 Å². The number of amides is 3. The first-order valence-corrected chi connectivity index (χ1v) is 16.4. The number of hydrogen-bond acceptors (Lipinski definition) is 9. The summed E-state index contributed by atoms with van der Waals surface area (Å²) in [6.07, 6.45) is 6.98. The second kappa shape index (κ2) is 14.0. The fraction of sp³-hybridized carbons (Fsp3) is 0.588. The number of cyclic esters (lactones) is 1. The normalized spacial score (nSPS) is 33.6.